The van der Waals surface area contributed by atoms with Crippen molar-refractivity contribution in [1.82, 2.24) is 9.27 Å². The van der Waals surface area contributed by atoms with Gasteiger partial charge in [-0.2, -0.15) is 4.37 Å². The number of sulfone groups is 1. The van der Waals surface area contributed by atoms with Crippen LogP contribution in [0.1, 0.15) is 26.2 Å². The molecule has 0 spiro atoms. The molecule has 3 N–H and O–H groups in total. The summed E-state index contributed by atoms with van der Waals surface area (Å²) in [6.07, 6.45) is 2.61. The number of nitrogens with one attached hydrogen (secondary N) is 1. The van der Waals surface area contributed by atoms with Crippen LogP contribution in [-0.2, 0) is 9.84 Å². The summed E-state index contributed by atoms with van der Waals surface area (Å²) in [4.78, 5) is 2.30. The molecule has 1 aromatic rings. The first-order chi connectivity index (χ1) is 9.38. The second kappa shape index (κ2) is 7.80. The number of rotatable bonds is 9. The van der Waals surface area contributed by atoms with Gasteiger partial charge >= 0.3 is 0 Å². The fourth-order valence-corrected chi connectivity index (χ4v) is 4.48. The number of aromatic nitrogens is 1. The summed E-state index contributed by atoms with van der Waals surface area (Å²) in [6.45, 7) is 3.58. The average Bonchev–Trinajstić information content (AvgIpc) is 2.70. The zero-order valence-corrected chi connectivity index (χ0v) is 14.0. The largest absolute Gasteiger partial charge is 0.382 e. The fraction of sp³-hybridized carbons (Fsp3) is 0.750. The molecule has 0 amide bonds. The number of nitrogens with two attached hydrogens (primary N) is 1. The Morgan fingerprint density at radius 2 is 2.05 bits per heavy atom. The van der Waals surface area contributed by atoms with Gasteiger partial charge in [0.25, 0.3) is 0 Å². The van der Waals surface area contributed by atoms with Crippen LogP contribution in [-0.4, -0.2) is 50.6 Å². The summed E-state index contributed by atoms with van der Waals surface area (Å²) in [5.41, 5.74) is 5.70. The molecule has 1 aromatic heterocycles. The maximum atomic E-state index is 12.2. The topological polar surface area (TPSA) is 88.3 Å². The molecule has 0 unspecified atom stereocenters. The molecule has 20 heavy (non-hydrogen) atoms. The highest BCUT2D eigenvalue weighted by molar-refractivity contribution is 7.91. The standard InChI is InChI=1S/C12H24N4O2S2/c1-4-9-20(17,18)10-11(13)15-19-12(10)14-7-5-6-8-16(2)3/h14H,4-9H2,1-3H3,(H2,13,15). The van der Waals surface area contributed by atoms with Crippen molar-refractivity contribution in [3.8, 4) is 0 Å². The van der Waals surface area contributed by atoms with Crippen LogP contribution in [0, 0.1) is 0 Å². The molecule has 0 bridgehead atoms. The van der Waals surface area contributed by atoms with E-state index in [1.54, 1.807) is 0 Å². The molecule has 116 valence electrons. The van der Waals surface area contributed by atoms with Crippen LogP contribution in [0.15, 0.2) is 4.90 Å². The highest BCUT2D eigenvalue weighted by Gasteiger charge is 2.24. The molecule has 0 aliphatic heterocycles. The lowest BCUT2D eigenvalue weighted by molar-refractivity contribution is 0.396. The Hall–Kier alpha value is -0.860. The Morgan fingerprint density at radius 1 is 1.35 bits per heavy atom. The molecule has 0 aliphatic rings. The van der Waals surface area contributed by atoms with E-state index < -0.39 is 9.84 Å². The first-order valence-electron chi connectivity index (χ1n) is 6.75. The van der Waals surface area contributed by atoms with Gasteiger partial charge < -0.3 is 16.0 Å². The van der Waals surface area contributed by atoms with Gasteiger partial charge in [-0.1, -0.05) is 6.92 Å². The number of unbranched alkanes of at least 4 members (excludes halogenated alkanes) is 1. The second-order valence-corrected chi connectivity index (χ2v) is 7.80. The van der Waals surface area contributed by atoms with E-state index in [0.29, 0.717) is 11.4 Å². The van der Waals surface area contributed by atoms with Crippen LogP contribution >= 0.6 is 11.5 Å². The number of nitrogen functional groups attached to an aromatic ring is 1. The smallest absolute Gasteiger partial charge is 0.185 e. The average molecular weight is 320 g/mol. The van der Waals surface area contributed by atoms with Crippen LogP contribution in [0.5, 0.6) is 0 Å². The van der Waals surface area contributed by atoms with Gasteiger partial charge in [-0.15, -0.1) is 0 Å². The molecular formula is C12H24N4O2S2. The SMILES string of the molecule is CCCS(=O)(=O)c1c(N)nsc1NCCCCN(C)C. The maximum Gasteiger partial charge on any atom is 0.185 e. The molecule has 1 heterocycles. The molecule has 8 heteroatoms. The molecule has 0 atom stereocenters. The van der Waals surface area contributed by atoms with Gasteiger partial charge in [0.05, 0.1) is 5.75 Å². The van der Waals surface area contributed by atoms with E-state index in [1.165, 1.54) is 0 Å². The third-order valence-corrected chi connectivity index (χ3v) is 5.70. The third kappa shape index (κ3) is 4.92. The van der Waals surface area contributed by atoms with Crippen molar-refractivity contribution in [1.29, 1.82) is 0 Å². The van der Waals surface area contributed by atoms with Crippen molar-refractivity contribution < 1.29 is 8.42 Å². The van der Waals surface area contributed by atoms with E-state index in [2.05, 4.69) is 14.6 Å². The van der Waals surface area contributed by atoms with Gasteiger partial charge in [-0.25, -0.2) is 8.42 Å². The summed E-state index contributed by atoms with van der Waals surface area (Å²) in [5, 5.41) is 3.72. The second-order valence-electron chi connectivity index (χ2n) is 4.98. The third-order valence-electron chi connectivity index (χ3n) is 2.78. The molecule has 1 rings (SSSR count). The number of hydrogen-bond acceptors (Lipinski definition) is 7. The van der Waals surface area contributed by atoms with Gasteiger partial charge in [0.2, 0.25) is 0 Å². The molecule has 0 aromatic carbocycles. The zero-order chi connectivity index (χ0) is 15.2. The monoisotopic (exact) mass is 320 g/mol. The van der Waals surface area contributed by atoms with Crippen molar-refractivity contribution in [3.05, 3.63) is 0 Å². The Labute approximate surface area is 125 Å². The Balaban J connectivity index is 2.64. The van der Waals surface area contributed by atoms with Gasteiger partial charge in [-0.05, 0) is 51.4 Å². The van der Waals surface area contributed by atoms with Crippen LogP contribution < -0.4 is 11.1 Å². The van der Waals surface area contributed by atoms with E-state index in [4.69, 9.17) is 5.73 Å². The molecule has 0 radical (unpaired) electrons. The van der Waals surface area contributed by atoms with Crippen molar-refractivity contribution in [2.24, 2.45) is 0 Å². The summed E-state index contributed by atoms with van der Waals surface area (Å²) in [6, 6.07) is 0. The normalized spacial score (nSPS) is 12.0. The highest BCUT2D eigenvalue weighted by Crippen LogP contribution is 2.32. The molecular weight excluding hydrogens is 296 g/mol. The predicted octanol–water partition coefficient (Wildman–Crippen LogP) is 1.66. The van der Waals surface area contributed by atoms with E-state index >= 15 is 0 Å². The van der Waals surface area contributed by atoms with Gasteiger partial charge in [0.15, 0.2) is 15.7 Å². The van der Waals surface area contributed by atoms with E-state index in [9.17, 15) is 8.42 Å². The van der Waals surface area contributed by atoms with Gasteiger partial charge in [0, 0.05) is 6.54 Å². The minimum atomic E-state index is -3.33. The van der Waals surface area contributed by atoms with E-state index in [-0.39, 0.29) is 16.5 Å². The maximum absolute atomic E-state index is 12.2. The highest BCUT2D eigenvalue weighted by atomic mass is 32.2. The molecule has 0 aliphatic carbocycles. The van der Waals surface area contributed by atoms with Crippen molar-refractivity contribution in [2.45, 2.75) is 31.1 Å². The van der Waals surface area contributed by atoms with Crippen molar-refractivity contribution >= 4 is 32.2 Å². The van der Waals surface area contributed by atoms with E-state index in [0.717, 1.165) is 37.5 Å². The number of nitrogens with zero attached hydrogens (tertiary/aromatic N) is 2. The summed E-state index contributed by atoms with van der Waals surface area (Å²) < 4.78 is 28.3. The first-order valence-corrected chi connectivity index (χ1v) is 9.17. The van der Waals surface area contributed by atoms with Crippen LogP contribution in [0.4, 0.5) is 10.8 Å². The van der Waals surface area contributed by atoms with Crippen molar-refractivity contribution in [3.63, 3.8) is 0 Å². The zero-order valence-electron chi connectivity index (χ0n) is 12.3. The Morgan fingerprint density at radius 3 is 2.65 bits per heavy atom. The van der Waals surface area contributed by atoms with Crippen LogP contribution in [0.3, 0.4) is 0 Å². The molecule has 0 saturated carbocycles. The Bertz CT molecular complexity index is 512. The van der Waals surface area contributed by atoms with Crippen LogP contribution in [0.2, 0.25) is 0 Å². The predicted molar refractivity (Wildman–Crippen MR) is 85.1 cm³/mol. The van der Waals surface area contributed by atoms with E-state index in [1.807, 2.05) is 21.0 Å². The Kier molecular flexibility index (Phi) is 6.70. The minimum absolute atomic E-state index is 0.102. The minimum Gasteiger partial charge on any atom is -0.382 e. The quantitative estimate of drug-likeness (QED) is 0.673. The molecule has 0 fully saturated rings. The number of anilines is 2. The van der Waals surface area contributed by atoms with Crippen LogP contribution in [0.25, 0.3) is 0 Å². The number of hydrogen-bond donors (Lipinski definition) is 2. The van der Waals surface area contributed by atoms with Gasteiger partial charge in [-0.3, -0.25) is 0 Å². The summed E-state index contributed by atoms with van der Waals surface area (Å²) in [5.74, 6) is 0.213. The lowest BCUT2D eigenvalue weighted by Crippen LogP contribution is -2.14. The summed E-state index contributed by atoms with van der Waals surface area (Å²) >= 11 is 1.12. The fourth-order valence-electron chi connectivity index (χ4n) is 1.83. The first kappa shape index (κ1) is 17.2. The lowest BCUT2D eigenvalue weighted by Gasteiger charge is -2.10. The van der Waals surface area contributed by atoms with Gasteiger partial charge in [0.1, 0.15) is 9.90 Å². The van der Waals surface area contributed by atoms with Crippen molar-refractivity contribution in [2.75, 3.05) is 44.0 Å². The summed E-state index contributed by atoms with van der Waals surface area (Å²) in [7, 11) is 0.737. The lowest BCUT2D eigenvalue weighted by atomic mass is 10.3. The molecule has 0 saturated heterocycles. The molecule has 6 nitrogen and oxygen atoms in total.